The van der Waals surface area contributed by atoms with E-state index in [-0.39, 0.29) is 11.8 Å². The highest BCUT2D eigenvalue weighted by molar-refractivity contribution is 5.95. The van der Waals surface area contributed by atoms with Crippen LogP contribution in [0.2, 0.25) is 0 Å². The van der Waals surface area contributed by atoms with Gasteiger partial charge in [0.05, 0.1) is 41.1 Å². The number of imidazole rings is 1. The van der Waals surface area contributed by atoms with Crippen LogP contribution in [0.5, 0.6) is 0 Å². The molecule has 0 bridgehead atoms. The molecule has 0 amide bonds. The second-order valence-corrected chi connectivity index (χ2v) is 8.09. The van der Waals surface area contributed by atoms with E-state index in [2.05, 4.69) is 26.4 Å². The lowest BCUT2D eigenvalue weighted by Crippen LogP contribution is -2.10. The second kappa shape index (κ2) is 7.03. The Kier molecular flexibility index (Phi) is 4.20. The van der Waals surface area contributed by atoms with E-state index in [1.54, 1.807) is 17.1 Å². The molecule has 7 nitrogen and oxygen atoms in total. The molecule has 2 aromatic heterocycles. The molecule has 10 heteroatoms. The van der Waals surface area contributed by atoms with E-state index in [9.17, 15) is 13.2 Å². The Labute approximate surface area is 186 Å². The van der Waals surface area contributed by atoms with Crippen molar-refractivity contribution in [1.29, 1.82) is 0 Å². The largest absolute Gasteiger partial charge is 0.466 e. The van der Waals surface area contributed by atoms with E-state index in [1.165, 1.54) is 10.7 Å². The summed E-state index contributed by atoms with van der Waals surface area (Å²) in [5.41, 5.74) is 4.18. The first-order chi connectivity index (χ1) is 15.9. The third-order valence-electron chi connectivity index (χ3n) is 5.90. The van der Waals surface area contributed by atoms with Crippen molar-refractivity contribution < 1.29 is 17.9 Å². The van der Waals surface area contributed by atoms with E-state index in [0.29, 0.717) is 35.9 Å². The van der Waals surface area contributed by atoms with Crippen LogP contribution >= 0.6 is 0 Å². The number of ether oxygens (including phenoxy) is 1. The summed E-state index contributed by atoms with van der Waals surface area (Å²) < 4.78 is 49.5. The molecule has 0 aliphatic carbocycles. The molecule has 0 spiro atoms. The van der Waals surface area contributed by atoms with Crippen LogP contribution in [0, 0.1) is 6.92 Å². The third kappa shape index (κ3) is 3.21. The van der Waals surface area contributed by atoms with Gasteiger partial charge in [-0.25, -0.2) is 14.7 Å². The van der Waals surface area contributed by atoms with Crippen LogP contribution in [0.3, 0.4) is 0 Å². The molecule has 33 heavy (non-hydrogen) atoms. The van der Waals surface area contributed by atoms with Crippen LogP contribution < -0.4 is 0 Å². The highest BCUT2D eigenvalue weighted by Gasteiger charge is 2.34. The van der Waals surface area contributed by atoms with Gasteiger partial charge in [0, 0.05) is 6.42 Å². The Morgan fingerprint density at radius 3 is 2.79 bits per heavy atom. The summed E-state index contributed by atoms with van der Waals surface area (Å²) >= 11 is 0. The number of aliphatic imine (C=N–C) groups is 1. The van der Waals surface area contributed by atoms with E-state index >= 15 is 0 Å². The average molecular weight is 450 g/mol. The molecule has 0 unspecified atom stereocenters. The molecule has 4 heterocycles. The van der Waals surface area contributed by atoms with Gasteiger partial charge < -0.3 is 4.74 Å². The molecule has 2 aromatic carbocycles. The SMILES string of the molecule is Cc1cccc([C@@H]2CN=C(c3ncn4c3Cc3cnnn3-c3cc(C(F)(F)F)ccc3-4)O2)c1. The molecular formula is C23H17F3N6O. The molecule has 2 aliphatic rings. The Hall–Kier alpha value is -3.95. The highest BCUT2D eigenvalue weighted by atomic mass is 19.4. The smallest absolute Gasteiger partial charge is 0.416 e. The summed E-state index contributed by atoms with van der Waals surface area (Å²) in [5.74, 6) is 0.421. The first-order valence-electron chi connectivity index (χ1n) is 10.3. The van der Waals surface area contributed by atoms with Crippen LogP contribution in [0.15, 0.2) is 60.0 Å². The van der Waals surface area contributed by atoms with Crippen LogP contribution in [-0.2, 0) is 17.3 Å². The fraction of sp³-hybridized carbons (Fsp3) is 0.217. The van der Waals surface area contributed by atoms with Gasteiger partial charge in [0.2, 0.25) is 5.90 Å². The topological polar surface area (TPSA) is 70.1 Å². The predicted molar refractivity (Wildman–Crippen MR) is 113 cm³/mol. The Morgan fingerprint density at radius 1 is 1.09 bits per heavy atom. The highest BCUT2D eigenvalue weighted by Crippen LogP contribution is 2.36. The Balaban J connectivity index is 1.42. The monoisotopic (exact) mass is 450 g/mol. The fourth-order valence-electron chi connectivity index (χ4n) is 4.30. The van der Waals surface area contributed by atoms with Gasteiger partial charge in [-0.2, -0.15) is 13.2 Å². The molecule has 166 valence electrons. The summed E-state index contributed by atoms with van der Waals surface area (Å²) in [4.78, 5) is 9.11. The second-order valence-electron chi connectivity index (χ2n) is 8.09. The third-order valence-corrected chi connectivity index (χ3v) is 5.90. The van der Waals surface area contributed by atoms with Gasteiger partial charge in [-0.3, -0.25) is 4.57 Å². The molecule has 1 atom stereocenters. The summed E-state index contributed by atoms with van der Waals surface area (Å²) in [6.45, 7) is 2.49. The van der Waals surface area contributed by atoms with E-state index in [1.807, 2.05) is 25.1 Å². The maximum atomic E-state index is 13.4. The summed E-state index contributed by atoms with van der Waals surface area (Å²) in [6.07, 6.45) is -1.19. The number of aryl methyl sites for hydroxylation is 1. The minimum Gasteiger partial charge on any atom is -0.466 e. The van der Waals surface area contributed by atoms with Crippen molar-refractivity contribution in [2.75, 3.05) is 6.54 Å². The molecular weight excluding hydrogens is 433 g/mol. The maximum Gasteiger partial charge on any atom is 0.416 e. The first kappa shape index (κ1) is 19.7. The molecule has 0 radical (unpaired) electrons. The lowest BCUT2D eigenvalue weighted by molar-refractivity contribution is -0.137. The van der Waals surface area contributed by atoms with Crippen molar-refractivity contribution >= 4 is 5.90 Å². The number of alkyl halides is 3. The standard InChI is InChI=1S/C23H17F3N6O/c1-13-3-2-4-14(7-13)20-11-27-22(33-20)21-19-9-16-10-29-30-32(16)18-8-15(23(24,25)26)5-6-17(18)31(19)12-28-21/h2-8,10,12,20H,9,11H2,1H3/t20-/m0/s1. The number of hydrogen-bond donors (Lipinski definition) is 0. The van der Waals surface area contributed by atoms with Gasteiger partial charge in [-0.15, -0.1) is 5.10 Å². The Bertz CT molecular complexity index is 1420. The molecule has 6 rings (SSSR count). The number of hydrogen-bond acceptors (Lipinski definition) is 5. The van der Waals surface area contributed by atoms with Crippen molar-refractivity contribution in [2.45, 2.75) is 25.6 Å². The van der Waals surface area contributed by atoms with Crippen molar-refractivity contribution in [1.82, 2.24) is 24.5 Å². The number of halogens is 3. The zero-order valence-corrected chi connectivity index (χ0v) is 17.4. The minimum atomic E-state index is -4.47. The molecule has 2 aliphatic heterocycles. The summed E-state index contributed by atoms with van der Waals surface area (Å²) in [7, 11) is 0. The minimum absolute atomic E-state index is 0.211. The van der Waals surface area contributed by atoms with Gasteiger partial charge in [-0.05, 0) is 30.7 Å². The Morgan fingerprint density at radius 2 is 1.97 bits per heavy atom. The molecule has 0 fully saturated rings. The maximum absolute atomic E-state index is 13.4. The number of rotatable bonds is 2. The van der Waals surface area contributed by atoms with E-state index in [4.69, 9.17) is 4.74 Å². The predicted octanol–water partition coefficient (Wildman–Crippen LogP) is 4.20. The number of nitrogens with zero attached hydrogens (tertiary/aromatic N) is 6. The van der Waals surface area contributed by atoms with Gasteiger partial charge in [0.25, 0.3) is 0 Å². The van der Waals surface area contributed by atoms with E-state index in [0.717, 1.165) is 29.0 Å². The average Bonchev–Trinajstić information content (AvgIpc) is 3.51. The number of aromatic nitrogens is 5. The zero-order valence-electron chi connectivity index (χ0n) is 17.4. The van der Waals surface area contributed by atoms with Gasteiger partial charge in [-0.1, -0.05) is 35.0 Å². The van der Waals surface area contributed by atoms with Crippen molar-refractivity contribution in [3.63, 3.8) is 0 Å². The number of benzene rings is 2. The zero-order chi connectivity index (χ0) is 22.7. The normalized spacial score (nSPS) is 17.0. The van der Waals surface area contributed by atoms with Crippen molar-refractivity contribution in [3.8, 4) is 11.4 Å². The molecule has 0 saturated heterocycles. The number of fused-ring (bicyclic) bond motifs is 5. The summed E-state index contributed by atoms with van der Waals surface area (Å²) in [6, 6.07) is 11.6. The first-order valence-corrected chi connectivity index (χ1v) is 10.3. The molecule has 0 saturated carbocycles. The van der Waals surface area contributed by atoms with Crippen LogP contribution in [-0.4, -0.2) is 37.0 Å². The van der Waals surface area contributed by atoms with Crippen molar-refractivity contribution in [3.05, 3.63) is 88.8 Å². The van der Waals surface area contributed by atoms with E-state index < -0.39 is 11.7 Å². The summed E-state index contributed by atoms with van der Waals surface area (Å²) in [5, 5.41) is 7.96. The van der Waals surface area contributed by atoms with Gasteiger partial charge >= 0.3 is 6.18 Å². The molecule has 0 N–H and O–H groups in total. The van der Waals surface area contributed by atoms with Crippen LogP contribution in [0.1, 0.15) is 39.9 Å². The van der Waals surface area contributed by atoms with Gasteiger partial charge in [0.1, 0.15) is 18.1 Å². The molecule has 4 aromatic rings. The van der Waals surface area contributed by atoms with Crippen LogP contribution in [0.25, 0.3) is 11.4 Å². The van der Waals surface area contributed by atoms with Gasteiger partial charge in [0.15, 0.2) is 0 Å². The van der Waals surface area contributed by atoms with Crippen LogP contribution in [0.4, 0.5) is 13.2 Å². The van der Waals surface area contributed by atoms with Crippen molar-refractivity contribution in [2.24, 2.45) is 4.99 Å². The fourth-order valence-corrected chi connectivity index (χ4v) is 4.30. The lowest BCUT2D eigenvalue weighted by Gasteiger charge is -2.14. The quantitative estimate of drug-likeness (QED) is 0.404. The lowest BCUT2D eigenvalue weighted by atomic mass is 10.1.